The lowest BCUT2D eigenvalue weighted by atomic mass is 9.85. The largest absolute Gasteiger partial charge is 0.498 e. The fraction of sp³-hybridized carbons (Fsp3) is 0.444. The minimum atomic E-state index is -2.04. The van der Waals surface area contributed by atoms with Gasteiger partial charge in [0.2, 0.25) is 0 Å². The van der Waals surface area contributed by atoms with Crippen molar-refractivity contribution >= 4 is 58.9 Å². The van der Waals surface area contributed by atoms with Crippen LogP contribution in [-0.2, 0) is 20.4 Å². The normalized spacial score (nSPS) is 22.7. The molecule has 0 spiro atoms. The molecule has 35 heavy (non-hydrogen) atoms. The second kappa shape index (κ2) is 9.53. The molecule has 8 heteroatoms. The summed E-state index contributed by atoms with van der Waals surface area (Å²) in [4.78, 5) is 15.9. The van der Waals surface area contributed by atoms with Crippen LogP contribution in [0.2, 0.25) is 28.2 Å². The lowest BCUT2D eigenvalue weighted by Gasteiger charge is -2.38. The molecule has 0 aromatic heterocycles. The van der Waals surface area contributed by atoms with Gasteiger partial charge in [0, 0.05) is 33.9 Å². The number of fused-ring (bicyclic) bond motifs is 1. The Balaban J connectivity index is 1.82. The molecule has 2 aromatic carbocycles. The molecule has 0 radical (unpaired) electrons. The molecule has 188 valence electrons. The predicted octanol–water partition coefficient (Wildman–Crippen LogP) is 7.73. The van der Waals surface area contributed by atoms with Gasteiger partial charge < -0.3 is 14.1 Å². The van der Waals surface area contributed by atoms with E-state index in [0.29, 0.717) is 46.3 Å². The van der Waals surface area contributed by atoms with Crippen LogP contribution < -0.4 is 0 Å². The summed E-state index contributed by atoms with van der Waals surface area (Å²) in [6, 6.07) is 13.5. The highest BCUT2D eigenvalue weighted by molar-refractivity contribution is 9.10. The van der Waals surface area contributed by atoms with Gasteiger partial charge in [0.15, 0.2) is 8.32 Å². The summed E-state index contributed by atoms with van der Waals surface area (Å²) in [5, 5.41) is 1.04. The van der Waals surface area contributed by atoms with E-state index in [0.717, 1.165) is 10.0 Å². The van der Waals surface area contributed by atoms with Crippen LogP contribution in [0.1, 0.15) is 38.3 Å². The predicted molar refractivity (Wildman–Crippen MR) is 149 cm³/mol. The number of benzene rings is 2. The van der Waals surface area contributed by atoms with E-state index in [1.807, 2.05) is 17.0 Å². The van der Waals surface area contributed by atoms with E-state index in [2.05, 4.69) is 61.9 Å². The molecular formula is C27H32BrCl2NO3Si. The molecule has 1 fully saturated rings. The van der Waals surface area contributed by atoms with Crippen LogP contribution in [0.15, 0.2) is 52.7 Å². The van der Waals surface area contributed by atoms with Crippen LogP contribution in [0.25, 0.3) is 5.57 Å². The summed E-state index contributed by atoms with van der Waals surface area (Å²) in [5.41, 5.74) is 1.69. The summed E-state index contributed by atoms with van der Waals surface area (Å²) >= 11 is 16.1. The number of amides is 1. The number of ether oxygens (including phenoxy) is 1. The number of nitrogens with zero attached hydrogens (tertiary/aromatic N) is 1. The first-order valence-electron chi connectivity index (χ1n) is 11.8. The topological polar surface area (TPSA) is 38.8 Å². The fourth-order valence-corrected chi connectivity index (χ4v) is 7.13. The third-order valence-electron chi connectivity index (χ3n) is 7.61. The second-order valence-corrected chi connectivity index (χ2v) is 17.6. The molecule has 0 bridgehead atoms. The van der Waals surface area contributed by atoms with Gasteiger partial charge in [-0.15, -0.1) is 0 Å². The number of methoxy groups -OCH3 is 1. The van der Waals surface area contributed by atoms with Crippen LogP contribution in [0, 0.1) is 0 Å². The van der Waals surface area contributed by atoms with E-state index in [-0.39, 0.29) is 17.0 Å². The quantitative estimate of drug-likeness (QED) is 0.320. The van der Waals surface area contributed by atoms with E-state index in [4.69, 9.17) is 32.4 Å². The van der Waals surface area contributed by atoms with E-state index in [1.165, 1.54) is 0 Å². The Morgan fingerprint density at radius 1 is 1.11 bits per heavy atom. The molecular weight excluding hydrogens is 565 g/mol. The Bertz CT molecular complexity index is 1160. The lowest BCUT2D eigenvalue weighted by Crippen LogP contribution is -2.45. The molecule has 4 nitrogen and oxygen atoms in total. The van der Waals surface area contributed by atoms with Gasteiger partial charge in [-0.05, 0) is 59.6 Å². The average molecular weight is 597 g/mol. The maximum atomic E-state index is 14.0. The number of hydrogen-bond acceptors (Lipinski definition) is 3. The fourth-order valence-electron chi connectivity index (χ4n) is 4.99. The summed E-state index contributed by atoms with van der Waals surface area (Å²) in [6.45, 7) is 11.7. The number of carbonyl (C=O) groups excluding carboxylic acids is 1. The number of halogens is 3. The van der Waals surface area contributed by atoms with Gasteiger partial charge in [-0.1, -0.05) is 72.0 Å². The zero-order valence-corrected chi connectivity index (χ0v) is 25.1. The van der Waals surface area contributed by atoms with Crippen molar-refractivity contribution in [1.29, 1.82) is 0 Å². The molecule has 4 rings (SSSR count). The highest BCUT2D eigenvalue weighted by Crippen LogP contribution is 2.51. The molecule has 1 saturated heterocycles. The average Bonchev–Trinajstić information content (AvgIpc) is 3.18. The van der Waals surface area contributed by atoms with Crippen LogP contribution in [0.5, 0.6) is 0 Å². The van der Waals surface area contributed by atoms with E-state index in [9.17, 15) is 4.79 Å². The SMILES string of the molecule is COC1=C(c2cc(Cl)cc(Cl)c2)C(=O)N2C[C@H](O[Si](C)(C)C(C)(C)C)C[C@@]12Cc1ccc(Br)cc1. The minimum Gasteiger partial charge on any atom is -0.498 e. The minimum absolute atomic E-state index is 0.0649. The van der Waals surface area contributed by atoms with Crippen molar-refractivity contribution in [2.75, 3.05) is 13.7 Å². The summed E-state index contributed by atoms with van der Waals surface area (Å²) in [6.07, 6.45) is 1.23. The van der Waals surface area contributed by atoms with Gasteiger partial charge in [-0.25, -0.2) is 0 Å². The Hall–Kier alpha value is -1.31. The third-order valence-corrected chi connectivity index (χ3v) is 13.1. The van der Waals surface area contributed by atoms with Crippen molar-refractivity contribution in [3.8, 4) is 0 Å². The smallest absolute Gasteiger partial charge is 0.258 e. The first kappa shape index (κ1) is 26.7. The molecule has 2 aliphatic heterocycles. The zero-order chi connectivity index (χ0) is 25.8. The summed E-state index contributed by atoms with van der Waals surface area (Å²) < 4.78 is 13.9. The molecule has 2 atom stereocenters. The Morgan fingerprint density at radius 2 is 1.71 bits per heavy atom. The Morgan fingerprint density at radius 3 is 2.26 bits per heavy atom. The lowest BCUT2D eigenvalue weighted by molar-refractivity contribution is -0.126. The second-order valence-electron chi connectivity index (χ2n) is 11.0. The molecule has 0 unspecified atom stereocenters. The molecule has 0 aliphatic carbocycles. The third kappa shape index (κ3) is 4.97. The molecule has 2 aliphatic rings. The summed E-state index contributed by atoms with van der Waals surface area (Å²) in [5.74, 6) is 0.587. The van der Waals surface area contributed by atoms with Crippen molar-refractivity contribution < 1.29 is 14.0 Å². The van der Waals surface area contributed by atoms with Crippen molar-refractivity contribution in [2.45, 2.75) is 63.4 Å². The van der Waals surface area contributed by atoms with Crippen molar-refractivity contribution in [2.24, 2.45) is 0 Å². The van der Waals surface area contributed by atoms with E-state index < -0.39 is 13.9 Å². The highest BCUT2D eigenvalue weighted by atomic mass is 79.9. The molecule has 2 heterocycles. The maximum Gasteiger partial charge on any atom is 0.258 e. The number of rotatable bonds is 6. The van der Waals surface area contributed by atoms with E-state index >= 15 is 0 Å². The van der Waals surface area contributed by atoms with Gasteiger partial charge >= 0.3 is 0 Å². The molecule has 0 saturated carbocycles. The van der Waals surface area contributed by atoms with Gasteiger partial charge in [0.1, 0.15) is 11.3 Å². The van der Waals surface area contributed by atoms with Gasteiger partial charge in [-0.2, -0.15) is 0 Å². The van der Waals surface area contributed by atoms with Crippen LogP contribution in [0.4, 0.5) is 0 Å². The van der Waals surface area contributed by atoms with Crippen LogP contribution in [-0.4, -0.2) is 44.4 Å². The standard InChI is InChI=1S/C27H32BrCl2NO3Si/c1-26(2,3)35(5,6)34-22-15-27(14-17-7-9-19(28)10-8-17)24(33-4)23(25(32)31(27)16-22)18-11-20(29)13-21(30)12-18/h7-13,22H,14-16H2,1-6H3/t22-,27+/m1/s1. The monoisotopic (exact) mass is 595 g/mol. The summed E-state index contributed by atoms with van der Waals surface area (Å²) in [7, 11) is -0.394. The first-order chi connectivity index (χ1) is 16.3. The van der Waals surface area contributed by atoms with Crippen molar-refractivity contribution in [3.63, 3.8) is 0 Å². The Kier molecular flexibility index (Phi) is 7.28. The first-order valence-corrected chi connectivity index (χ1v) is 16.2. The van der Waals surface area contributed by atoms with Crippen LogP contribution >= 0.6 is 39.1 Å². The molecule has 2 aromatic rings. The molecule has 1 amide bonds. The van der Waals surface area contributed by atoms with Crippen molar-refractivity contribution in [3.05, 3.63) is 73.9 Å². The van der Waals surface area contributed by atoms with Crippen LogP contribution in [0.3, 0.4) is 0 Å². The maximum absolute atomic E-state index is 14.0. The number of hydrogen-bond donors (Lipinski definition) is 0. The highest BCUT2D eigenvalue weighted by Gasteiger charge is 2.59. The van der Waals surface area contributed by atoms with E-state index in [1.54, 1.807) is 25.3 Å². The molecule has 0 N–H and O–H groups in total. The van der Waals surface area contributed by atoms with Gasteiger partial charge in [-0.3, -0.25) is 4.79 Å². The van der Waals surface area contributed by atoms with Gasteiger partial charge in [0.25, 0.3) is 5.91 Å². The Labute approximate surface area is 227 Å². The van der Waals surface area contributed by atoms with Crippen molar-refractivity contribution in [1.82, 2.24) is 4.90 Å². The zero-order valence-electron chi connectivity index (χ0n) is 21.0. The van der Waals surface area contributed by atoms with Gasteiger partial charge in [0.05, 0.1) is 18.8 Å². The number of carbonyl (C=O) groups is 1.